The number of rotatable bonds is 4. The first kappa shape index (κ1) is 17.7. The summed E-state index contributed by atoms with van der Waals surface area (Å²) >= 11 is 0. The van der Waals surface area contributed by atoms with Crippen molar-refractivity contribution < 1.29 is 14.3 Å². The van der Waals surface area contributed by atoms with E-state index >= 15 is 0 Å². The number of methoxy groups -OCH3 is 1. The van der Waals surface area contributed by atoms with Crippen LogP contribution in [0.1, 0.15) is 32.1 Å². The highest BCUT2D eigenvalue weighted by atomic mass is 16.5. The highest BCUT2D eigenvalue weighted by molar-refractivity contribution is 5.94. The lowest BCUT2D eigenvalue weighted by Crippen LogP contribution is -2.51. The van der Waals surface area contributed by atoms with Gasteiger partial charge in [-0.25, -0.2) is 0 Å². The highest BCUT2D eigenvalue weighted by Crippen LogP contribution is 2.26. The maximum atomic E-state index is 12.6. The largest absolute Gasteiger partial charge is 0.495 e. The number of hydrogen-bond acceptors (Lipinski definition) is 4. The fourth-order valence-corrected chi connectivity index (χ4v) is 3.63. The van der Waals surface area contributed by atoms with Crippen molar-refractivity contribution >= 4 is 17.5 Å². The molecule has 2 N–H and O–H groups in total. The Morgan fingerprint density at radius 3 is 2.60 bits per heavy atom. The van der Waals surface area contributed by atoms with E-state index in [1.807, 2.05) is 29.2 Å². The molecule has 2 fully saturated rings. The van der Waals surface area contributed by atoms with Crippen LogP contribution in [0.4, 0.5) is 5.69 Å². The summed E-state index contributed by atoms with van der Waals surface area (Å²) in [7, 11) is 1.59. The number of para-hydroxylation sites is 2. The summed E-state index contributed by atoms with van der Waals surface area (Å²) in [6.45, 7) is 2.23. The number of benzene rings is 1. The van der Waals surface area contributed by atoms with Crippen LogP contribution >= 0.6 is 0 Å². The minimum atomic E-state index is -0.0618. The molecule has 1 atom stereocenters. The van der Waals surface area contributed by atoms with Crippen LogP contribution in [0, 0.1) is 5.92 Å². The first-order valence-electron chi connectivity index (χ1n) is 9.15. The van der Waals surface area contributed by atoms with Crippen molar-refractivity contribution in [3.05, 3.63) is 24.3 Å². The summed E-state index contributed by atoms with van der Waals surface area (Å²) in [6, 6.07) is 7.37. The van der Waals surface area contributed by atoms with E-state index in [-0.39, 0.29) is 23.8 Å². The van der Waals surface area contributed by atoms with Gasteiger partial charge in [0.05, 0.1) is 18.8 Å². The molecule has 25 heavy (non-hydrogen) atoms. The van der Waals surface area contributed by atoms with E-state index in [1.54, 1.807) is 7.11 Å². The molecule has 1 unspecified atom stereocenters. The quantitative estimate of drug-likeness (QED) is 0.876. The molecule has 2 amide bonds. The number of nitrogens with one attached hydrogen (secondary N) is 2. The number of anilines is 1. The fourth-order valence-electron chi connectivity index (χ4n) is 3.63. The minimum Gasteiger partial charge on any atom is -0.495 e. The molecule has 2 aliphatic rings. The fraction of sp³-hybridized carbons (Fsp3) is 0.579. The zero-order chi connectivity index (χ0) is 17.6. The van der Waals surface area contributed by atoms with Crippen molar-refractivity contribution in [3.8, 4) is 5.75 Å². The first-order chi connectivity index (χ1) is 12.2. The summed E-state index contributed by atoms with van der Waals surface area (Å²) in [5.41, 5.74) is 0.694. The van der Waals surface area contributed by atoms with Gasteiger partial charge >= 0.3 is 0 Å². The number of piperidine rings is 2. The Balaban J connectivity index is 1.51. The lowest BCUT2D eigenvalue weighted by atomic mass is 9.94. The SMILES string of the molecule is COc1ccccc1NC(=O)C1CCN(C(=O)C2CCCCN2)CC1. The maximum absolute atomic E-state index is 12.6. The van der Waals surface area contributed by atoms with E-state index in [2.05, 4.69) is 10.6 Å². The predicted octanol–water partition coefficient (Wildman–Crippen LogP) is 2.01. The van der Waals surface area contributed by atoms with Crippen LogP contribution < -0.4 is 15.4 Å². The number of likely N-dealkylation sites (tertiary alicyclic amines) is 1. The van der Waals surface area contributed by atoms with Gasteiger partial charge in [0.25, 0.3) is 0 Å². The molecule has 3 rings (SSSR count). The zero-order valence-electron chi connectivity index (χ0n) is 14.8. The van der Waals surface area contributed by atoms with Gasteiger partial charge in [0.2, 0.25) is 11.8 Å². The average molecular weight is 345 g/mol. The second-order valence-corrected chi connectivity index (χ2v) is 6.79. The van der Waals surface area contributed by atoms with Gasteiger partial charge in [-0.1, -0.05) is 18.6 Å². The van der Waals surface area contributed by atoms with Gasteiger partial charge in [0, 0.05) is 19.0 Å². The molecule has 1 aromatic rings. The van der Waals surface area contributed by atoms with Crippen LogP contribution in [0.15, 0.2) is 24.3 Å². The van der Waals surface area contributed by atoms with E-state index in [4.69, 9.17) is 4.74 Å². The number of hydrogen-bond donors (Lipinski definition) is 2. The topological polar surface area (TPSA) is 70.7 Å². The molecule has 1 aromatic carbocycles. The zero-order valence-corrected chi connectivity index (χ0v) is 14.8. The lowest BCUT2D eigenvalue weighted by molar-refractivity contribution is -0.137. The molecule has 0 aromatic heterocycles. The Kier molecular flexibility index (Phi) is 5.91. The summed E-state index contributed by atoms with van der Waals surface area (Å²) in [6.07, 6.45) is 4.60. The monoisotopic (exact) mass is 345 g/mol. The van der Waals surface area contributed by atoms with E-state index in [1.165, 1.54) is 0 Å². The first-order valence-corrected chi connectivity index (χ1v) is 9.15. The van der Waals surface area contributed by atoms with Gasteiger partial charge in [0.15, 0.2) is 0 Å². The number of carbonyl (C=O) groups is 2. The maximum Gasteiger partial charge on any atom is 0.239 e. The summed E-state index contributed by atoms with van der Waals surface area (Å²) < 4.78 is 5.27. The smallest absolute Gasteiger partial charge is 0.239 e. The molecule has 6 heteroatoms. The molecule has 0 saturated carbocycles. The molecule has 0 spiro atoms. The molecule has 0 radical (unpaired) electrons. The van der Waals surface area contributed by atoms with Crippen molar-refractivity contribution in [2.75, 3.05) is 32.1 Å². The summed E-state index contributed by atoms with van der Waals surface area (Å²) in [5, 5.41) is 6.27. The molecule has 6 nitrogen and oxygen atoms in total. The van der Waals surface area contributed by atoms with Gasteiger partial charge in [-0.3, -0.25) is 9.59 Å². The summed E-state index contributed by atoms with van der Waals surface area (Å²) in [4.78, 5) is 27.0. The second kappa shape index (κ2) is 8.34. The van der Waals surface area contributed by atoms with Gasteiger partial charge < -0.3 is 20.3 Å². The van der Waals surface area contributed by atoms with E-state index in [0.717, 1.165) is 25.8 Å². The molecular formula is C19H27N3O3. The molecule has 2 heterocycles. The number of nitrogens with zero attached hydrogens (tertiary/aromatic N) is 1. The molecule has 0 bridgehead atoms. The van der Waals surface area contributed by atoms with Crippen molar-refractivity contribution in [1.82, 2.24) is 10.2 Å². The molecule has 2 saturated heterocycles. The van der Waals surface area contributed by atoms with E-state index < -0.39 is 0 Å². The van der Waals surface area contributed by atoms with E-state index in [9.17, 15) is 9.59 Å². The summed E-state index contributed by atoms with van der Waals surface area (Å²) in [5.74, 6) is 0.802. The van der Waals surface area contributed by atoms with Gasteiger partial charge in [-0.2, -0.15) is 0 Å². The van der Waals surface area contributed by atoms with Crippen molar-refractivity contribution in [1.29, 1.82) is 0 Å². The van der Waals surface area contributed by atoms with Crippen LogP contribution in [0.5, 0.6) is 5.75 Å². The Bertz CT molecular complexity index is 606. The van der Waals surface area contributed by atoms with E-state index in [0.29, 0.717) is 37.4 Å². The van der Waals surface area contributed by atoms with Crippen LogP contribution in [0.2, 0.25) is 0 Å². The second-order valence-electron chi connectivity index (χ2n) is 6.79. The van der Waals surface area contributed by atoms with Crippen LogP contribution in [-0.2, 0) is 9.59 Å². The molecule has 136 valence electrons. The van der Waals surface area contributed by atoms with Crippen LogP contribution in [0.25, 0.3) is 0 Å². The third kappa shape index (κ3) is 4.31. The Morgan fingerprint density at radius 1 is 1.16 bits per heavy atom. The molecule has 2 aliphatic heterocycles. The predicted molar refractivity (Wildman–Crippen MR) is 96.6 cm³/mol. The van der Waals surface area contributed by atoms with Crippen LogP contribution in [-0.4, -0.2) is 49.5 Å². The number of carbonyl (C=O) groups excluding carboxylic acids is 2. The Labute approximate surface area is 148 Å². The highest BCUT2D eigenvalue weighted by Gasteiger charge is 2.31. The number of amides is 2. The standard InChI is InChI=1S/C19H27N3O3/c1-25-17-8-3-2-6-15(17)21-18(23)14-9-12-22(13-10-14)19(24)16-7-4-5-11-20-16/h2-3,6,8,14,16,20H,4-5,7,9-13H2,1H3,(H,21,23). The third-order valence-electron chi connectivity index (χ3n) is 5.15. The Hall–Kier alpha value is -2.08. The van der Waals surface area contributed by atoms with Crippen molar-refractivity contribution in [2.45, 2.75) is 38.1 Å². The van der Waals surface area contributed by atoms with Gasteiger partial charge in [-0.05, 0) is 44.4 Å². The number of ether oxygens (including phenoxy) is 1. The van der Waals surface area contributed by atoms with Crippen molar-refractivity contribution in [3.63, 3.8) is 0 Å². The normalized spacial score (nSPS) is 21.6. The third-order valence-corrected chi connectivity index (χ3v) is 5.15. The molecule has 0 aliphatic carbocycles. The minimum absolute atomic E-state index is 0.00684. The van der Waals surface area contributed by atoms with Gasteiger partial charge in [0.1, 0.15) is 5.75 Å². The van der Waals surface area contributed by atoms with Gasteiger partial charge in [-0.15, -0.1) is 0 Å². The van der Waals surface area contributed by atoms with Crippen LogP contribution in [0.3, 0.4) is 0 Å². The Morgan fingerprint density at radius 2 is 1.92 bits per heavy atom. The molecular weight excluding hydrogens is 318 g/mol. The lowest BCUT2D eigenvalue weighted by Gasteiger charge is -2.35. The van der Waals surface area contributed by atoms with Crippen molar-refractivity contribution in [2.24, 2.45) is 5.92 Å². The average Bonchev–Trinajstić information content (AvgIpc) is 2.68.